The Hall–Kier alpha value is -5.10. The second kappa shape index (κ2) is 15.4. The average Bonchev–Trinajstić information content (AvgIpc) is 3.52. The van der Waals surface area contributed by atoms with E-state index in [0.29, 0.717) is 56.4 Å². The van der Waals surface area contributed by atoms with Crippen LogP contribution in [-0.2, 0) is 4.79 Å². The number of nitrogens with zero attached hydrogens (tertiary/aromatic N) is 3. The van der Waals surface area contributed by atoms with Crippen molar-refractivity contribution in [2.24, 2.45) is 4.99 Å². The van der Waals surface area contributed by atoms with Crippen LogP contribution in [0.2, 0.25) is 0 Å². The molecule has 49 heavy (non-hydrogen) atoms. The SMILES string of the molecule is CC(C)NCCOc1ccc(-c2cccc(Nc3ncc(F)cc3C(=O)N[C@H]3CC[C@@H](NC(=O)C4CN5C=C(F)C=CC5=N4)CC3)c2)cc1. The molecule has 2 amide bonds. The Labute approximate surface area is 284 Å². The van der Waals surface area contributed by atoms with Crippen molar-refractivity contribution in [3.05, 3.63) is 96.4 Å². The van der Waals surface area contributed by atoms with Crippen molar-refractivity contribution in [3.63, 3.8) is 0 Å². The van der Waals surface area contributed by atoms with Gasteiger partial charge in [-0.3, -0.25) is 14.6 Å². The molecule has 3 heterocycles. The molecule has 0 radical (unpaired) electrons. The predicted molar refractivity (Wildman–Crippen MR) is 186 cm³/mol. The molecule has 10 nitrogen and oxygen atoms in total. The van der Waals surface area contributed by atoms with Gasteiger partial charge < -0.3 is 30.9 Å². The van der Waals surface area contributed by atoms with Gasteiger partial charge in [0.25, 0.3) is 5.91 Å². The van der Waals surface area contributed by atoms with Gasteiger partial charge in [-0.25, -0.2) is 13.8 Å². The maximum atomic E-state index is 14.3. The molecular formula is C37H41F2N7O3. The van der Waals surface area contributed by atoms with Gasteiger partial charge in [0.1, 0.15) is 41.7 Å². The first-order valence-corrected chi connectivity index (χ1v) is 16.7. The summed E-state index contributed by atoms with van der Waals surface area (Å²) >= 11 is 0. The number of hydrogen-bond donors (Lipinski definition) is 4. The molecule has 4 N–H and O–H groups in total. The first-order valence-electron chi connectivity index (χ1n) is 16.7. The number of hydrogen-bond acceptors (Lipinski definition) is 8. The Morgan fingerprint density at radius 1 is 0.959 bits per heavy atom. The zero-order valence-electron chi connectivity index (χ0n) is 27.6. The van der Waals surface area contributed by atoms with Crippen LogP contribution in [0.1, 0.15) is 49.9 Å². The van der Waals surface area contributed by atoms with Crippen molar-refractivity contribution >= 4 is 29.2 Å². The molecule has 6 rings (SSSR count). The number of halogens is 2. The minimum atomic E-state index is -0.612. The Morgan fingerprint density at radius 2 is 1.71 bits per heavy atom. The minimum Gasteiger partial charge on any atom is -0.492 e. The number of carbonyl (C=O) groups is 2. The monoisotopic (exact) mass is 669 g/mol. The Bertz CT molecular complexity index is 1750. The summed E-state index contributed by atoms with van der Waals surface area (Å²) in [6.07, 6.45) is 7.93. The van der Waals surface area contributed by atoms with Gasteiger partial charge in [-0.15, -0.1) is 0 Å². The standard InChI is InChI=1S/C37H41F2N7O3/c1-23(2)40-16-17-49-31-13-6-24(7-14-31)25-4-3-5-30(18-25)42-35-32(19-27(39)20-41-35)36(47)43-28-9-11-29(12-10-28)44-37(48)33-22-46-21-26(38)8-15-34(46)45-33/h3-8,13-15,18-21,23,28-29,33,40H,9-12,16-17,22H2,1-2H3,(H,41,42)(H,43,47)(H,44,48)/t28-,29+,33?. The predicted octanol–water partition coefficient (Wildman–Crippen LogP) is 5.63. The summed E-state index contributed by atoms with van der Waals surface area (Å²) < 4.78 is 33.7. The molecule has 2 aliphatic heterocycles. The molecule has 1 saturated carbocycles. The highest BCUT2D eigenvalue weighted by Gasteiger charge is 2.32. The van der Waals surface area contributed by atoms with Crippen molar-refractivity contribution in [2.75, 3.05) is 25.0 Å². The molecule has 3 aliphatic rings. The highest BCUT2D eigenvalue weighted by molar-refractivity contribution is 6.00. The molecule has 1 atom stereocenters. The topological polar surface area (TPSA) is 120 Å². The van der Waals surface area contributed by atoms with Crippen LogP contribution >= 0.6 is 0 Å². The Kier molecular flexibility index (Phi) is 10.6. The number of amides is 2. The lowest BCUT2D eigenvalue weighted by Crippen LogP contribution is -2.46. The van der Waals surface area contributed by atoms with Crippen LogP contribution in [0.3, 0.4) is 0 Å². The van der Waals surface area contributed by atoms with Crippen LogP contribution in [-0.4, -0.2) is 71.4 Å². The van der Waals surface area contributed by atoms with E-state index in [1.165, 1.54) is 18.3 Å². The van der Waals surface area contributed by atoms with E-state index < -0.39 is 17.8 Å². The smallest absolute Gasteiger partial charge is 0.255 e. The van der Waals surface area contributed by atoms with Gasteiger partial charge in [0.2, 0.25) is 5.91 Å². The number of anilines is 2. The number of aliphatic imine (C=N–C) groups is 1. The number of fused-ring (bicyclic) bond motifs is 1. The van der Waals surface area contributed by atoms with Crippen molar-refractivity contribution in [1.29, 1.82) is 0 Å². The van der Waals surface area contributed by atoms with E-state index in [0.717, 1.165) is 29.6 Å². The van der Waals surface area contributed by atoms with Gasteiger partial charge in [0.05, 0.1) is 18.3 Å². The van der Waals surface area contributed by atoms with Crippen LogP contribution in [0.15, 0.2) is 90.0 Å². The molecule has 0 bridgehead atoms. The molecule has 1 unspecified atom stereocenters. The summed E-state index contributed by atoms with van der Waals surface area (Å²) in [7, 11) is 0. The fraction of sp³-hybridized carbons (Fsp3) is 0.351. The number of benzene rings is 2. The lowest BCUT2D eigenvalue weighted by molar-refractivity contribution is -0.123. The van der Waals surface area contributed by atoms with E-state index >= 15 is 0 Å². The number of aromatic nitrogens is 1. The van der Waals surface area contributed by atoms with E-state index in [1.54, 1.807) is 11.0 Å². The summed E-state index contributed by atoms with van der Waals surface area (Å²) in [5.74, 6) is -0.00267. The summed E-state index contributed by atoms with van der Waals surface area (Å²) in [5, 5.41) is 12.6. The van der Waals surface area contributed by atoms with Crippen LogP contribution in [0, 0.1) is 5.82 Å². The number of allylic oxidation sites excluding steroid dienone is 2. The summed E-state index contributed by atoms with van der Waals surface area (Å²) in [6.45, 7) is 5.83. The van der Waals surface area contributed by atoms with Crippen molar-refractivity contribution in [3.8, 4) is 16.9 Å². The van der Waals surface area contributed by atoms with E-state index in [9.17, 15) is 18.4 Å². The third-order valence-electron chi connectivity index (χ3n) is 8.67. The van der Waals surface area contributed by atoms with Crippen LogP contribution in [0.5, 0.6) is 5.75 Å². The van der Waals surface area contributed by atoms with Gasteiger partial charge in [-0.05, 0) is 79.3 Å². The average molecular weight is 670 g/mol. The lowest BCUT2D eigenvalue weighted by atomic mass is 9.90. The minimum absolute atomic E-state index is 0.0580. The van der Waals surface area contributed by atoms with E-state index in [4.69, 9.17) is 4.74 Å². The molecule has 3 aromatic rings. The van der Waals surface area contributed by atoms with Crippen molar-refractivity contribution in [1.82, 2.24) is 25.8 Å². The zero-order valence-corrected chi connectivity index (χ0v) is 27.6. The van der Waals surface area contributed by atoms with E-state index in [1.807, 2.05) is 48.5 Å². The van der Waals surface area contributed by atoms with Gasteiger partial charge in [0.15, 0.2) is 0 Å². The second-order valence-electron chi connectivity index (χ2n) is 12.8. The fourth-order valence-corrected chi connectivity index (χ4v) is 6.13. The normalized spacial score (nSPS) is 19.9. The third-order valence-corrected chi connectivity index (χ3v) is 8.67. The lowest BCUT2D eigenvalue weighted by Gasteiger charge is -2.30. The largest absolute Gasteiger partial charge is 0.492 e. The van der Waals surface area contributed by atoms with Crippen LogP contribution in [0.25, 0.3) is 11.1 Å². The molecular weight excluding hydrogens is 628 g/mol. The maximum Gasteiger partial charge on any atom is 0.255 e. The summed E-state index contributed by atoms with van der Waals surface area (Å²) in [6, 6.07) is 16.3. The number of ether oxygens (including phenoxy) is 1. The molecule has 256 valence electrons. The second-order valence-corrected chi connectivity index (χ2v) is 12.8. The number of amidine groups is 1. The molecule has 0 spiro atoms. The molecule has 2 aromatic carbocycles. The summed E-state index contributed by atoms with van der Waals surface area (Å²) in [5.41, 5.74) is 2.74. The third kappa shape index (κ3) is 8.88. The quantitative estimate of drug-likeness (QED) is 0.185. The summed E-state index contributed by atoms with van der Waals surface area (Å²) in [4.78, 5) is 36.5. The van der Waals surface area contributed by atoms with E-state index in [2.05, 4.69) is 45.1 Å². The number of rotatable bonds is 12. The maximum absolute atomic E-state index is 14.3. The molecule has 1 aliphatic carbocycles. The van der Waals surface area contributed by atoms with Gasteiger partial charge >= 0.3 is 0 Å². The van der Waals surface area contributed by atoms with Crippen molar-refractivity contribution in [2.45, 2.75) is 63.7 Å². The fourth-order valence-electron chi connectivity index (χ4n) is 6.13. The Balaban J connectivity index is 1.02. The number of pyridine rings is 1. The van der Waals surface area contributed by atoms with E-state index in [-0.39, 0.29) is 35.2 Å². The van der Waals surface area contributed by atoms with Gasteiger partial charge in [-0.1, -0.05) is 38.1 Å². The molecule has 12 heteroatoms. The highest BCUT2D eigenvalue weighted by atomic mass is 19.1. The molecule has 0 saturated heterocycles. The van der Waals surface area contributed by atoms with Gasteiger partial charge in [-0.2, -0.15) is 0 Å². The van der Waals surface area contributed by atoms with Crippen LogP contribution < -0.4 is 26.0 Å². The van der Waals surface area contributed by atoms with Crippen molar-refractivity contribution < 1.29 is 23.1 Å². The zero-order chi connectivity index (χ0) is 34.3. The van der Waals surface area contributed by atoms with Crippen LogP contribution in [0.4, 0.5) is 20.3 Å². The molecule has 1 aromatic heterocycles. The number of carbonyl (C=O) groups excluding carboxylic acids is 2. The first kappa shape index (κ1) is 33.8. The Morgan fingerprint density at radius 3 is 2.47 bits per heavy atom. The van der Waals surface area contributed by atoms with Gasteiger partial charge in [0, 0.05) is 36.6 Å². The molecule has 1 fully saturated rings. The highest BCUT2D eigenvalue weighted by Crippen LogP contribution is 2.28. The number of nitrogens with one attached hydrogen (secondary N) is 4. The first-order chi connectivity index (χ1) is 23.7.